The van der Waals surface area contributed by atoms with Crippen LogP contribution in [0.1, 0.15) is 11.1 Å². The molecule has 0 saturated heterocycles. The molecule has 0 N–H and O–H groups in total. The number of pyridine rings is 1. The molecule has 9 heteroatoms. The Hall–Kier alpha value is -1.13. The lowest BCUT2D eigenvalue weighted by atomic mass is 10.1. The first-order valence-corrected chi connectivity index (χ1v) is 5.91. The summed E-state index contributed by atoms with van der Waals surface area (Å²) in [6, 6.07) is 0. The van der Waals surface area contributed by atoms with Gasteiger partial charge in [0.05, 0.1) is 13.5 Å². The fourth-order valence-corrected chi connectivity index (χ4v) is 1.86. The molecule has 19 heavy (non-hydrogen) atoms. The van der Waals surface area contributed by atoms with E-state index in [1.165, 1.54) is 22.6 Å². The number of esters is 1. The molecule has 1 aromatic rings. The summed E-state index contributed by atoms with van der Waals surface area (Å²) in [6.45, 7) is -1.07. The highest BCUT2D eigenvalue weighted by Gasteiger charge is 2.34. The molecular formula is C10H8F4INO3. The lowest BCUT2D eigenvalue weighted by molar-refractivity contribution is -0.275. The zero-order valence-corrected chi connectivity index (χ0v) is 11.7. The first-order chi connectivity index (χ1) is 8.78. The Morgan fingerprint density at radius 3 is 2.58 bits per heavy atom. The van der Waals surface area contributed by atoms with Gasteiger partial charge in [0, 0.05) is 17.3 Å². The molecular weight excluding hydrogens is 385 g/mol. The Morgan fingerprint density at radius 1 is 1.47 bits per heavy atom. The highest BCUT2D eigenvalue weighted by Crippen LogP contribution is 2.32. The Morgan fingerprint density at radius 2 is 2.11 bits per heavy atom. The summed E-state index contributed by atoms with van der Waals surface area (Å²) in [6.07, 6.45) is -4.43. The van der Waals surface area contributed by atoms with E-state index in [4.69, 9.17) is 0 Å². The first kappa shape index (κ1) is 15.9. The van der Waals surface area contributed by atoms with Gasteiger partial charge in [-0.3, -0.25) is 4.79 Å². The predicted octanol–water partition coefficient (Wildman–Crippen LogP) is 2.77. The molecule has 1 heterocycles. The molecule has 0 aliphatic carbocycles. The molecule has 0 aliphatic rings. The molecule has 0 aromatic carbocycles. The Bertz CT molecular complexity index is 479. The minimum Gasteiger partial charge on any atom is -0.469 e. The highest BCUT2D eigenvalue weighted by atomic mass is 127. The summed E-state index contributed by atoms with van der Waals surface area (Å²) in [5.41, 5.74) is -0.365. The van der Waals surface area contributed by atoms with Crippen LogP contribution in [0.5, 0.6) is 5.75 Å². The SMILES string of the molecule is COC(=O)Cc1c(CF)cnc(I)c1OC(F)(F)F. The van der Waals surface area contributed by atoms with E-state index in [9.17, 15) is 22.4 Å². The topological polar surface area (TPSA) is 48.4 Å². The van der Waals surface area contributed by atoms with Crippen LogP contribution in [-0.4, -0.2) is 24.4 Å². The average molecular weight is 393 g/mol. The second kappa shape index (κ2) is 6.35. The summed E-state index contributed by atoms with van der Waals surface area (Å²) in [5.74, 6) is -1.47. The molecule has 0 spiro atoms. The van der Waals surface area contributed by atoms with Crippen molar-refractivity contribution in [3.05, 3.63) is 21.0 Å². The van der Waals surface area contributed by atoms with E-state index in [-0.39, 0.29) is 14.8 Å². The number of halogens is 5. The summed E-state index contributed by atoms with van der Waals surface area (Å²) >= 11 is 1.51. The van der Waals surface area contributed by atoms with Crippen molar-refractivity contribution in [3.8, 4) is 5.75 Å². The van der Waals surface area contributed by atoms with Gasteiger partial charge in [-0.25, -0.2) is 9.37 Å². The molecule has 0 atom stereocenters. The van der Waals surface area contributed by atoms with E-state index in [1.54, 1.807) is 0 Å². The van der Waals surface area contributed by atoms with Crippen LogP contribution in [0, 0.1) is 3.70 Å². The summed E-state index contributed by atoms with van der Waals surface area (Å²) in [5, 5.41) is 0. The number of aromatic nitrogens is 1. The second-order valence-electron chi connectivity index (χ2n) is 3.32. The van der Waals surface area contributed by atoms with E-state index in [2.05, 4.69) is 14.5 Å². The third-order valence-electron chi connectivity index (χ3n) is 2.09. The Balaban J connectivity index is 3.28. The van der Waals surface area contributed by atoms with Gasteiger partial charge in [0.2, 0.25) is 0 Å². The van der Waals surface area contributed by atoms with Crippen LogP contribution < -0.4 is 4.74 Å². The van der Waals surface area contributed by atoms with Crippen molar-refractivity contribution in [1.29, 1.82) is 0 Å². The predicted molar refractivity (Wildman–Crippen MR) is 64.2 cm³/mol. The minimum atomic E-state index is -4.96. The van der Waals surface area contributed by atoms with Crippen LogP contribution >= 0.6 is 22.6 Å². The molecule has 4 nitrogen and oxygen atoms in total. The van der Waals surface area contributed by atoms with Gasteiger partial charge in [-0.05, 0) is 22.6 Å². The summed E-state index contributed by atoms with van der Waals surface area (Å²) in [4.78, 5) is 14.8. The number of rotatable bonds is 4. The van der Waals surface area contributed by atoms with Gasteiger partial charge in [-0.1, -0.05) is 0 Å². The number of nitrogens with zero attached hydrogens (tertiary/aromatic N) is 1. The molecule has 0 fully saturated rings. The Kier molecular flexibility index (Phi) is 5.32. The number of ether oxygens (including phenoxy) is 2. The fraction of sp³-hybridized carbons (Fsp3) is 0.400. The number of methoxy groups -OCH3 is 1. The summed E-state index contributed by atoms with van der Waals surface area (Å²) in [7, 11) is 1.08. The van der Waals surface area contributed by atoms with Crippen LogP contribution in [0.4, 0.5) is 17.6 Å². The standard InChI is InChI=1S/C10H8F4INO3/c1-18-7(17)2-6-5(3-11)4-16-9(15)8(6)19-10(12,13)14/h4H,2-3H2,1H3. The Labute approximate surface area is 119 Å². The quantitative estimate of drug-likeness (QED) is 0.342. The molecule has 106 valence electrons. The van der Waals surface area contributed by atoms with Crippen molar-refractivity contribution < 1.29 is 31.8 Å². The maximum Gasteiger partial charge on any atom is 0.573 e. The van der Waals surface area contributed by atoms with Crippen LogP contribution in [0.25, 0.3) is 0 Å². The molecule has 0 aliphatic heterocycles. The lowest BCUT2D eigenvalue weighted by Gasteiger charge is -2.16. The second-order valence-corrected chi connectivity index (χ2v) is 4.34. The number of hydrogen-bond acceptors (Lipinski definition) is 4. The molecule has 0 bridgehead atoms. The highest BCUT2D eigenvalue weighted by molar-refractivity contribution is 14.1. The third-order valence-corrected chi connectivity index (χ3v) is 2.86. The molecule has 0 amide bonds. The largest absolute Gasteiger partial charge is 0.573 e. The third kappa shape index (κ3) is 4.48. The number of carbonyl (C=O) groups excluding carboxylic acids is 1. The van der Waals surface area contributed by atoms with Gasteiger partial charge in [0.15, 0.2) is 5.75 Å². The normalized spacial score (nSPS) is 11.3. The van der Waals surface area contributed by atoms with Crippen molar-refractivity contribution in [2.45, 2.75) is 19.5 Å². The van der Waals surface area contributed by atoms with E-state index in [0.29, 0.717) is 0 Å². The zero-order chi connectivity index (χ0) is 14.6. The van der Waals surface area contributed by atoms with Gasteiger partial charge in [0.25, 0.3) is 0 Å². The minimum absolute atomic E-state index is 0.119. The van der Waals surface area contributed by atoms with Crippen LogP contribution in [0.3, 0.4) is 0 Å². The maximum absolute atomic E-state index is 12.8. The van der Waals surface area contributed by atoms with Crippen LogP contribution in [0.2, 0.25) is 0 Å². The molecule has 1 rings (SSSR count). The fourth-order valence-electron chi connectivity index (χ4n) is 1.29. The van der Waals surface area contributed by atoms with Gasteiger partial charge < -0.3 is 9.47 Å². The van der Waals surface area contributed by atoms with Crippen molar-refractivity contribution in [2.75, 3.05) is 7.11 Å². The van der Waals surface area contributed by atoms with E-state index in [1.807, 2.05) is 0 Å². The molecule has 1 aromatic heterocycles. The van der Waals surface area contributed by atoms with E-state index >= 15 is 0 Å². The molecule has 0 saturated carbocycles. The van der Waals surface area contributed by atoms with Crippen molar-refractivity contribution >= 4 is 28.6 Å². The van der Waals surface area contributed by atoms with Gasteiger partial charge in [-0.15, -0.1) is 13.2 Å². The smallest absolute Gasteiger partial charge is 0.469 e. The zero-order valence-electron chi connectivity index (χ0n) is 9.55. The van der Waals surface area contributed by atoms with Crippen LogP contribution in [-0.2, 0) is 22.6 Å². The van der Waals surface area contributed by atoms with Crippen molar-refractivity contribution in [3.63, 3.8) is 0 Å². The summed E-state index contributed by atoms with van der Waals surface area (Å²) < 4.78 is 57.7. The maximum atomic E-state index is 12.8. The van der Waals surface area contributed by atoms with Gasteiger partial charge >= 0.3 is 12.3 Å². The number of alkyl halides is 4. The van der Waals surface area contributed by atoms with Crippen molar-refractivity contribution in [1.82, 2.24) is 4.98 Å². The lowest BCUT2D eigenvalue weighted by Crippen LogP contribution is -2.21. The van der Waals surface area contributed by atoms with E-state index < -0.39 is 31.2 Å². The van der Waals surface area contributed by atoms with Crippen molar-refractivity contribution in [2.24, 2.45) is 0 Å². The number of hydrogen-bond donors (Lipinski definition) is 0. The monoisotopic (exact) mass is 393 g/mol. The number of carbonyl (C=O) groups is 1. The van der Waals surface area contributed by atoms with Gasteiger partial charge in [-0.2, -0.15) is 0 Å². The van der Waals surface area contributed by atoms with Crippen LogP contribution in [0.15, 0.2) is 6.20 Å². The molecule has 0 radical (unpaired) electrons. The molecule has 0 unspecified atom stereocenters. The first-order valence-electron chi connectivity index (χ1n) is 4.83. The van der Waals surface area contributed by atoms with Gasteiger partial charge in [0.1, 0.15) is 10.4 Å². The van der Waals surface area contributed by atoms with E-state index in [0.717, 1.165) is 13.3 Å². The average Bonchev–Trinajstić information content (AvgIpc) is 2.32.